The van der Waals surface area contributed by atoms with Gasteiger partial charge in [-0.1, -0.05) is 0 Å². The van der Waals surface area contributed by atoms with E-state index < -0.39 is 24.4 Å². The Hall–Kier alpha value is -0.650. The van der Waals surface area contributed by atoms with Crippen LogP contribution in [0, 0.1) is 5.92 Å². The van der Waals surface area contributed by atoms with Crippen LogP contribution in [0.15, 0.2) is 0 Å². The molecule has 0 radical (unpaired) electrons. The number of aliphatic hydroxyl groups is 2. The van der Waals surface area contributed by atoms with E-state index in [-0.39, 0.29) is 18.3 Å². The average molecular weight is 174 g/mol. The third-order valence-corrected chi connectivity index (χ3v) is 2.74. The number of quaternary nitrogens is 1. The predicted molar refractivity (Wildman–Crippen MR) is 36.7 cm³/mol. The van der Waals surface area contributed by atoms with Gasteiger partial charge in [-0.2, -0.15) is 0 Å². The fourth-order valence-electron chi connectivity index (χ4n) is 2.00. The molecular formula is C7H12NO4+. The van der Waals surface area contributed by atoms with Gasteiger partial charge in [-0.3, -0.25) is 4.79 Å². The fourth-order valence-corrected chi connectivity index (χ4v) is 2.00. The van der Waals surface area contributed by atoms with E-state index >= 15 is 0 Å². The standard InChI is InChI=1S/C7H11NO4/c8-4-5(10)2-1-3(9)12-7(2)6(4)11/h2,4-7,10-11H,1,8H2/p+1/t2-,4+,5-,6-,7-/m1/s1. The summed E-state index contributed by atoms with van der Waals surface area (Å²) in [6, 6.07) is -0.437. The summed E-state index contributed by atoms with van der Waals surface area (Å²) >= 11 is 0. The van der Waals surface area contributed by atoms with Crippen LogP contribution in [0.5, 0.6) is 0 Å². The third-order valence-electron chi connectivity index (χ3n) is 2.74. The van der Waals surface area contributed by atoms with Crippen molar-refractivity contribution in [3.63, 3.8) is 0 Å². The first-order valence-corrected chi connectivity index (χ1v) is 4.00. The largest absolute Gasteiger partial charge is 0.459 e. The topological polar surface area (TPSA) is 94.4 Å². The molecule has 0 amide bonds. The molecule has 5 N–H and O–H groups in total. The van der Waals surface area contributed by atoms with Gasteiger partial charge in [0.05, 0.1) is 6.42 Å². The van der Waals surface area contributed by atoms with Gasteiger partial charge < -0.3 is 20.7 Å². The predicted octanol–water partition coefficient (Wildman–Crippen LogP) is -2.74. The lowest BCUT2D eigenvalue weighted by Crippen LogP contribution is -2.69. The van der Waals surface area contributed by atoms with Gasteiger partial charge in [0.1, 0.15) is 24.4 Å². The van der Waals surface area contributed by atoms with E-state index in [2.05, 4.69) is 5.73 Å². The second kappa shape index (κ2) is 2.42. The molecule has 0 aromatic heterocycles. The van der Waals surface area contributed by atoms with E-state index in [9.17, 15) is 15.0 Å². The monoisotopic (exact) mass is 174 g/mol. The van der Waals surface area contributed by atoms with Crippen molar-refractivity contribution >= 4 is 5.97 Å². The maximum absolute atomic E-state index is 10.8. The highest BCUT2D eigenvalue weighted by Crippen LogP contribution is 2.35. The fraction of sp³-hybridized carbons (Fsp3) is 0.857. The quantitative estimate of drug-likeness (QED) is 0.347. The van der Waals surface area contributed by atoms with Gasteiger partial charge >= 0.3 is 5.97 Å². The molecule has 0 bridgehead atoms. The van der Waals surface area contributed by atoms with Crippen LogP contribution in [0.3, 0.4) is 0 Å². The first-order valence-electron chi connectivity index (χ1n) is 4.00. The Morgan fingerprint density at radius 1 is 1.42 bits per heavy atom. The lowest BCUT2D eigenvalue weighted by molar-refractivity contribution is -0.449. The average Bonchev–Trinajstić information content (AvgIpc) is 2.49. The molecule has 1 saturated heterocycles. The van der Waals surface area contributed by atoms with Gasteiger partial charge in [0.2, 0.25) is 0 Å². The van der Waals surface area contributed by atoms with Gasteiger partial charge in [0, 0.05) is 5.92 Å². The number of hydrogen-bond donors (Lipinski definition) is 3. The summed E-state index contributed by atoms with van der Waals surface area (Å²) < 4.78 is 4.85. The van der Waals surface area contributed by atoms with E-state index in [1.807, 2.05) is 0 Å². The van der Waals surface area contributed by atoms with Crippen LogP contribution in [-0.4, -0.2) is 40.5 Å². The highest BCUT2D eigenvalue weighted by molar-refractivity contribution is 5.72. The summed E-state index contributed by atoms with van der Waals surface area (Å²) in [7, 11) is 0. The highest BCUT2D eigenvalue weighted by atomic mass is 16.6. The number of hydrogen-bond acceptors (Lipinski definition) is 4. The first-order chi connectivity index (χ1) is 5.61. The van der Waals surface area contributed by atoms with E-state index in [0.717, 1.165) is 0 Å². The van der Waals surface area contributed by atoms with Crippen LogP contribution in [0.2, 0.25) is 0 Å². The zero-order valence-corrected chi connectivity index (χ0v) is 6.51. The smallest absolute Gasteiger partial charge is 0.306 e. The Morgan fingerprint density at radius 2 is 2.08 bits per heavy atom. The van der Waals surface area contributed by atoms with E-state index in [4.69, 9.17) is 4.74 Å². The summed E-state index contributed by atoms with van der Waals surface area (Å²) in [5.41, 5.74) is 3.62. The number of aliphatic hydroxyl groups excluding tert-OH is 2. The van der Waals surface area contributed by atoms with Gasteiger partial charge in [0.15, 0.2) is 0 Å². The summed E-state index contributed by atoms with van der Waals surface area (Å²) in [4.78, 5) is 10.8. The van der Waals surface area contributed by atoms with Crippen molar-refractivity contribution < 1.29 is 25.5 Å². The molecule has 0 aromatic carbocycles. The maximum Gasteiger partial charge on any atom is 0.306 e. The Balaban J connectivity index is 2.20. The molecule has 5 heteroatoms. The molecule has 2 aliphatic rings. The molecule has 2 fully saturated rings. The minimum atomic E-state index is -0.809. The van der Waals surface area contributed by atoms with Crippen molar-refractivity contribution in [1.82, 2.24) is 0 Å². The van der Waals surface area contributed by atoms with Crippen LogP contribution in [0.1, 0.15) is 6.42 Å². The Kier molecular flexibility index (Phi) is 1.61. The number of rotatable bonds is 0. The summed E-state index contributed by atoms with van der Waals surface area (Å²) in [5.74, 6) is -0.593. The van der Waals surface area contributed by atoms with Crippen molar-refractivity contribution in [1.29, 1.82) is 0 Å². The Labute approximate surface area is 69.1 Å². The second-order valence-electron chi connectivity index (χ2n) is 3.47. The number of carbonyl (C=O) groups excluding carboxylic acids is 1. The van der Waals surface area contributed by atoms with Crippen LogP contribution in [0.4, 0.5) is 0 Å². The van der Waals surface area contributed by atoms with Crippen molar-refractivity contribution in [2.24, 2.45) is 5.92 Å². The summed E-state index contributed by atoms with van der Waals surface area (Å²) in [6.45, 7) is 0. The van der Waals surface area contributed by atoms with Gasteiger partial charge in [-0.15, -0.1) is 0 Å². The summed E-state index contributed by atoms with van der Waals surface area (Å²) in [5, 5.41) is 19.0. The third kappa shape index (κ3) is 0.872. The lowest BCUT2D eigenvalue weighted by Gasteiger charge is -2.11. The van der Waals surface area contributed by atoms with E-state index in [0.29, 0.717) is 0 Å². The SMILES string of the molecule is [NH3+][C@@H]1[C@@H](O)[C@@H]2OC(=O)C[C@@H]2[C@H]1O. The van der Waals surface area contributed by atoms with E-state index in [1.165, 1.54) is 0 Å². The molecular weight excluding hydrogens is 162 g/mol. The van der Waals surface area contributed by atoms with Crippen LogP contribution in [0.25, 0.3) is 0 Å². The molecule has 1 heterocycles. The molecule has 2 rings (SSSR count). The van der Waals surface area contributed by atoms with Crippen molar-refractivity contribution in [3.8, 4) is 0 Å². The molecule has 1 aliphatic carbocycles. The number of fused-ring (bicyclic) bond motifs is 1. The lowest BCUT2D eigenvalue weighted by atomic mass is 10.0. The van der Waals surface area contributed by atoms with Gasteiger partial charge in [-0.25, -0.2) is 0 Å². The Bertz CT molecular complexity index is 199. The second-order valence-corrected chi connectivity index (χ2v) is 3.47. The zero-order valence-electron chi connectivity index (χ0n) is 6.51. The van der Waals surface area contributed by atoms with Crippen LogP contribution < -0.4 is 5.73 Å². The van der Waals surface area contributed by atoms with Crippen LogP contribution >= 0.6 is 0 Å². The number of carbonyl (C=O) groups is 1. The molecule has 0 aromatic rings. The minimum absolute atomic E-state index is 0.203. The van der Waals surface area contributed by atoms with Gasteiger partial charge in [-0.05, 0) is 0 Å². The minimum Gasteiger partial charge on any atom is -0.459 e. The van der Waals surface area contributed by atoms with E-state index in [1.54, 1.807) is 0 Å². The van der Waals surface area contributed by atoms with Crippen LogP contribution in [-0.2, 0) is 9.53 Å². The molecule has 0 spiro atoms. The van der Waals surface area contributed by atoms with Crippen molar-refractivity contribution in [3.05, 3.63) is 0 Å². The zero-order chi connectivity index (χ0) is 8.88. The highest BCUT2D eigenvalue weighted by Gasteiger charge is 2.56. The van der Waals surface area contributed by atoms with Crippen molar-refractivity contribution in [2.75, 3.05) is 0 Å². The summed E-state index contributed by atoms with van der Waals surface area (Å²) in [6.07, 6.45) is -1.85. The molecule has 5 atom stereocenters. The molecule has 5 nitrogen and oxygen atoms in total. The van der Waals surface area contributed by atoms with Gasteiger partial charge in [0.25, 0.3) is 0 Å². The number of ether oxygens (including phenoxy) is 1. The number of esters is 1. The van der Waals surface area contributed by atoms with Crippen molar-refractivity contribution in [2.45, 2.75) is 30.8 Å². The molecule has 12 heavy (non-hydrogen) atoms. The molecule has 68 valence electrons. The normalized spacial score (nSPS) is 52.2. The first kappa shape index (κ1) is 7.97. The molecule has 1 aliphatic heterocycles. The molecule has 0 unspecified atom stereocenters. The Morgan fingerprint density at radius 3 is 2.67 bits per heavy atom. The maximum atomic E-state index is 10.8. The molecule has 1 saturated carbocycles.